The van der Waals surface area contributed by atoms with Gasteiger partial charge in [-0.1, -0.05) is 6.07 Å². The summed E-state index contributed by atoms with van der Waals surface area (Å²) in [6.45, 7) is 4.81. The van der Waals surface area contributed by atoms with Gasteiger partial charge >= 0.3 is 0 Å². The standard InChI is InChI=1S/C13H17N3O/c1-3-17-13-7-5-11(10(2)8-13)4-6-12-9-14-16-15-12/h5,7-9H,3-4,6H2,1-2H3,(H,14,15,16). The minimum atomic E-state index is 0.706. The van der Waals surface area contributed by atoms with Crippen LogP contribution in [0.2, 0.25) is 0 Å². The minimum absolute atomic E-state index is 0.706. The summed E-state index contributed by atoms with van der Waals surface area (Å²) < 4.78 is 5.46. The highest BCUT2D eigenvalue weighted by Gasteiger charge is 2.03. The number of hydrogen-bond acceptors (Lipinski definition) is 3. The molecule has 0 saturated heterocycles. The highest BCUT2D eigenvalue weighted by molar-refractivity contribution is 5.35. The Balaban J connectivity index is 2.01. The van der Waals surface area contributed by atoms with Gasteiger partial charge in [0.05, 0.1) is 18.5 Å². The summed E-state index contributed by atoms with van der Waals surface area (Å²) in [6, 6.07) is 6.23. The molecule has 90 valence electrons. The Kier molecular flexibility index (Phi) is 3.75. The van der Waals surface area contributed by atoms with E-state index in [1.807, 2.05) is 13.0 Å². The van der Waals surface area contributed by atoms with Crippen LogP contribution in [0.3, 0.4) is 0 Å². The van der Waals surface area contributed by atoms with Crippen molar-refractivity contribution in [2.45, 2.75) is 26.7 Å². The highest BCUT2D eigenvalue weighted by atomic mass is 16.5. The van der Waals surface area contributed by atoms with Crippen molar-refractivity contribution in [3.63, 3.8) is 0 Å². The number of nitrogens with one attached hydrogen (secondary N) is 1. The van der Waals surface area contributed by atoms with E-state index in [1.54, 1.807) is 6.20 Å². The lowest BCUT2D eigenvalue weighted by atomic mass is 10.0. The molecule has 0 unspecified atom stereocenters. The lowest BCUT2D eigenvalue weighted by Crippen LogP contribution is -1.97. The van der Waals surface area contributed by atoms with Crippen molar-refractivity contribution < 1.29 is 4.74 Å². The molecule has 1 aromatic carbocycles. The van der Waals surface area contributed by atoms with Crippen LogP contribution < -0.4 is 4.74 Å². The number of benzene rings is 1. The average molecular weight is 231 g/mol. The van der Waals surface area contributed by atoms with Crippen LogP contribution in [0.25, 0.3) is 0 Å². The molecule has 1 aromatic heterocycles. The third-order valence-corrected chi connectivity index (χ3v) is 2.74. The van der Waals surface area contributed by atoms with Gasteiger partial charge in [0.15, 0.2) is 0 Å². The summed E-state index contributed by atoms with van der Waals surface area (Å²) in [5.41, 5.74) is 3.59. The van der Waals surface area contributed by atoms with Gasteiger partial charge in [-0.25, -0.2) is 0 Å². The smallest absolute Gasteiger partial charge is 0.119 e. The molecule has 0 saturated carbocycles. The maximum absolute atomic E-state index is 5.46. The first kappa shape index (κ1) is 11.6. The largest absolute Gasteiger partial charge is 0.494 e. The minimum Gasteiger partial charge on any atom is -0.494 e. The molecule has 0 bridgehead atoms. The zero-order valence-corrected chi connectivity index (χ0v) is 10.2. The number of H-pyrrole nitrogens is 1. The predicted molar refractivity (Wildman–Crippen MR) is 66.1 cm³/mol. The van der Waals surface area contributed by atoms with E-state index in [9.17, 15) is 0 Å². The normalized spacial score (nSPS) is 10.5. The molecule has 0 aliphatic heterocycles. The van der Waals surface area contributed by atoms with Crippen LogP contribution in [0.15, 0.2) is 24.4 Å². The van der Waals surface area contributed by atoms with E-state index in [0.717, 1.165) is 24.3 Å². The first-order valence-electron chi connectivity index (χ1n) is 5.86. The average Bonchev–Trinajstić information content (AvgIpc) is 2.81. The maximum atomic E-state index is 5.46. The van der Waals surface area contributed by atoms with Gasteiger partial charge in [-0.15, -0.1) is 0 Å². The molecule has 4 nitrogen and oxygen atoms in total. The van der Waals surface area contributed by atoms with E-state index in [1.165, 1.54) is 11.1 Å². The molecule has 1 heterocycles. The van der Waals surface area contributed by atoms with Crippen LogP contribution in [-0.4, -0.2) is 22.0 Å². The van der Waals surface area contributed by atoms with Gasteiger partial charge in [-0.3, -0.25) is 0 Å². The summed E-state index contributed by atoms with van der Waals surface area (Å²) in [4.78, 5) is 0. The zero-order chi connectivity index (χ0) is 12.1. The second-order valence-corrected chi connectivity index (χ2v) is 3.98. The molecule has 0 radical (unpaired) electrons. The molecule has 0 aliphatic carbocycles. The summed E-state index contributed by atoms with van der Waals surface area (Å²) in [5, 5.41) is 10.5. The summed E-state index contributed by atoms with van der Waals surface area (Å²) >= 11 is 0. The van der Waals surface area contributed by atoms with Crippen LogP contribution in [0.5, 0.6) is 5.75 Å². The number of hydrogen-bond donors (Lipinski definition) is 1. The monoisotopic (exact) mass is 231 g/mol. The van der Waals surface area contributed by atoms with Crippen LogP contribution in [0.4, 0.5) is 0 Å². The summed E-state index contributed by atoms with van der Waals surface area (Å²) in [6.07, 6.45) is 3.65. The molecular weight excluding hydrogens is 214 g/mol. The summed E-state index contributed by atoms with van der Waals surface area (Å²) in [5.74, 6) is 0.940. The Bertz CT molecular complexity index is 466. The molecule has 0 fully saturated rings. The second-order valence-electron chi connectivity index (χ2n) is 3.98. The number of aromatic amines is 1. The molecule has 0 spiro atoms. The van der Waals surface area contributed by atoms with Crippen molar-refractivity contribution >= 4 is 0 Å². The lowest BCUT2D eigenvalue weighted by molar-refractivity contribution is 0.340. The number of aryl methyl sites for hydroxylation is 3. The van der Waals surface area contributed by atoms with Gasteiger partial charge in [0, 0.05) is 0 Å². The fraction of sp³-hybridized carbons (Fsp3) is 0.385. The topological polar surface area (TPSA) is 50.8 Å². The fourth-order valence-corrected chi connectivity index (χ4v) is 1.81. The summed E-state index contributed by atoms with van der Waals surface area (Å²) in [7, 11) is 0. The molecule has 2 rings (SSSR count). The number of aromatic nitrogens is 3. The molecule has 1 N–H and O–H groups in total. The fourth-order valence-electron chi connectivity index (χ4n) is 1.81. The van der Waals surface area contributed by atoms with Crippen molar-refractivity contribution in [3.05, 3.63) is 41.2 Å². The molecule has 0 aliphatic rings. The Hall–Kier alpha value is -1.84. The Morgan fingerprint density at radius 2 is 2.18 bits per heavy atom. The Labute approximate surface area is 101 Å². The van der Waals surface area contributed by atoms with Crippen LogP contribution in [0, 0.1) is 6.92 Å². The first-order valence-corrected chi connectivity index (χ1v) is 5.86. The predicted octanol–water partition coefficient (Wildman–Crippen LogP) is 2.30. The molecule has 4 heteroatoms. The van der Waals surface area contributed by atoms with Gasteiger partial charge < -0.3 is 4.74 Å². The van der Waals surface area contributed by atoms with Crippen LogP contribution in [-0.2, 0) is 12.8 Å². The van der Waals surface area contributed by atoms with Crippen molar-refractivity contribution in [2.24, 2.45) is 0 Å². The quantitative estimate of drug-likeness (QED) is 0.859. The van der Waals surface area contributed by atoms with Crippen molar-refractivity contribution in [2.75, 3.05) is 6.61 Å². The van der Waals surface area contributed by atoms with Crippen LogP contribution in [0.1, 0.15) is 23.7 Å². The van der Waals surface area contributed by atoms with Crippen molar-refractivity contribution in [1.82, 2.24) is 15.4 Å². The molecule has 0 amide bonds. The van der Waals surface area contributed by atoms with Gasteiger partial charge in [0.1, 0.15) is 5.75 Å². The van der Waals surface area contributed by atoms with Crippen LogP contribution >= 0.6 is 0 Å². The van der Waals surface area contributed by atoms with E-state index in [4.69, 9.17) is 4.74 Å². The third kappa shape index (κ3) is 3.06. The Morgan fingerprint density at radius 3 is 2.82 bits per heavy atom. The van der Waals surface area contributed by atoms with Gasteiger partial charge in [0.2, 0.25) is 0 Å². The number of ether oxygens (including phenoxy) is 1. The van der Waals surface area contributed by atoms with E-state index >= 15 is 0 Å². The highest BCUT2D eigenvalue weighted by Crippen LogP contribution is 2.18. The van der Waals surface area contributed by atoms with E-state index in [-0.39, 0.29) is 0 Å². The van der Waals surface area contributed by atoms with E-state index < -0.39 is 0 Å². The van der Waals surface area contributed by atoms with Crippen molar-refractivity contribution in [3.8, 4) is 5.75 Å². The van der Waals surface area contributed by atoms with E-state index in [2.05, 4.69) is 34.5 Å². The van der Waals surface area contributed by atoms with Gasteiger partial charge in [-0.05, 0) is 49.9 Å². The SMILES string of the molecule is CCOc1ccc(CCc2cn[nH]n2)c(C)c1. The maximum Gasteiger partial charge on any atom is 0.119 e. The number of nitrogens with zero attached hydrogens (tertiary/aromatic N) is 2. The lowest BCUT2D eigenvalue weighted by Gasteiger charge is -2.08. The molecule has 17 heavy (non-hydrogen) atoms. The number of rotatable bonds is 5. The zero-order valence-electron chi connectivity index (χ0n) is 10.2. The molecule has 0 atom stereocenters. The van der Waals surface area contributed by atoms with Gasteiger partial charge in [0.25, 0.3) is 0 Å². The van der Waals surface area contributed by atoms with E-state index in [0.29, 0.717) is 6.61 Å². The van der Waals surface area contributed by atoms with Gasteiger partial charge in [-0.2, -0.15) is 15.4 Å². The van der Waals surface area contributed by atoms with Crippen molar-refractivity contribution in [1.29, 1.82) is 0 Å². The first-order chi connectivity index (χ1) is 8.29. The molecular formula is C13H17N3O. The molecule has 2 aromatic rings. The Morgan fingerprint density at radius 1 is 1.29 bits per heavy atom. The second kappa shape index (κ2) is 5.48. The third-order valence-electron chi connectivity index (χ3n) is 2.74.